The highest BCUT2D eigenvalue weighted by Crippen LogP contribution is 2.23. The van der Waals surface area contributed by atoms with Gasteiger partial charge in [0, 0.05) is 35.9 Å². The maximum absolute atomic E-state index is 13.1. The van der Waals surface area contributed by atoms with Crippen molar-refractivity contribution < 1.29 is 22.4 Å². The van der Waals surface area contributed by atoms with E-state index in [2.05, 4.69) is 10.0 Å². The molecule has 0 atom stereocenters. The zero-order chi connectivity index (χ0) is 25.0. The molecule has 1 aliphatic heterocycles. The van der Waals surface area contributed by atoms with Crippen LogP contribution in [0, 0.1) is 18.7 Å². The number of sulfonamides is 1. The number of amides is 2. The summed E-state index contributed by atoms with van der Waals surface area (Å²) >= 11 is 0. The number of anilines is 2. The number of rotatable bonds is 6. The summed E-state index contributed by atoms with van der Waals surface area (Å²) in [6.45, 7) is 2.77. The lowest BCUT2D eigenvalue weighted by Gasteiger charge is -2.31. The van der Waals surface area contributed by atoms with E-state index < -0.39 is 15.8 Å². The van der Waals surface area contributed by atoms with E-state index >= 15 is 0 Å². The van der Waals surface area contributed by atoms with Crippen molar-refractivity contribution in [2.75, 3.05) is 23.1 Å². The molecular weight excluding hydrogens is 469 g/mol. The number of aryl methyl sites for hydroxylation is 1. The summed E-state index contributed by atoms with van der Waals surface area (Å²) in [7, 11) is -3.75. The third-order valence-electron chi connectivity index (χ3n) is 5.98. The Morgan fingerprint density at radius 3 is 2.03 bits per heavy atom. The zero-order valence-corrected chi connectivity index (χ0v) is 20.0. The van der Waals surface area contributed by atoms with Crippen LogP contribution in [0.15, 0.2) is 77.7 Å². The second-order valence-electron chi connectivity index (χ2n) is 8.56. The first-order valence-electron chi connectivity index (χ1n) is 11.3. The number of nitrogens with one attached hydrogen (secondary N) is 2. The van der Waals surface area contributed by atoms with E-state index in [0.717, 1.165) is 5.56 Å². The number of benzene rings is 3. The van der Waals surface area contributed by atoms with Crippen molar-refractivity contribution in [1.29, 1.82) is 0 Å². The van der Waals surface area contributed by atoms with Gasteiger partial charge in [-0.3, -0.25) is 14.3 Å². The molecule has 0 radical (unpaired) electrons. The lowest BCUT2D eigenvalue weighted by atomic mass is 9.95. The van der Waals surface area contributed by atoms with Gasteiger partial charge in [0.15, 0.2) is 0 Å². The Morgan fingerprint density at radius 2 is 1.43 bits per heavy atom. The van der Waals surface area contributed by atoms with Gasteiger partial charge in [-0.15, -0.1) is 0 Å². The molecule has 2 N–H and O–H groups in total. The summed E-state index contributed by atoms with van der Waals surface area (Å²) in [6, 6.07) is 18.4. The van der Waals surface area contributed by atoms with Crippen molar-refractivity contribution in [3.63, 3.8) is 0 Å². The van der Waals surface area contributed by atoms with Gasteiger partial charge in [0.05, 0.1) is 4.90 Å². The fourth-order valence-corrected chi connectivity index (χ4v) is 4.98. The SMILES string of the molecule is Cc1ccc(NS(=O)(=O)c2ccc(NC(=O)C3CCN(C(=O)c4ccc(F)cc4)CC3)cc2)cc1. The minimum Gasteiger partial charge on any atom is -0.339 e. The summed E-state index contributed by atoms with van der Waals surface area (Å²) < 4.78 is 40.9. The normalized spacial score (nSPS) is 14.4. The molecule has 0 unspecified atom stereocenters. The summed E-state index contributed by atoms with van der Waals surface area (Å²) in [5.74, 6) is -1.02. The van der Waals surface area contributed by atoms with Crippen LogP contribution in [0.3, 0.4) is 0 Å². The molecule has 1 aliphatic rings. The van der Waals surface area contributed by atoms with E-state index in [9.17, 15) is 22.4 Å². The van der Waals surface area contributed by atoms with E-state index in [1.165, 1.54) is 36.4 Å². The van der Waals surface area contributed by atoms with Gasteiger partial charge in [-0.25, -0.2) is 12.8 Å². The number of hydrogen-bond acceptors (Lipinski definition) is 4. The highest BCUT2D eigenvalue weighted by molar-refractivity contribution is 7.92. The highest BCUT2D eigenvalue weighted by atomic mass is 32.2. The van der Waals surface area contributed by atoms with E-state index in [4.69, 9.17) is 0 Å². The van der Waals surface area contributed by atoms with Gasteiger partial charge in [-0.1, -0.05) is 17.7 Å². The Kier molecular flexibility index (Phi) is 7.16. The standard InChI is InChI=1S/C26H26FN3O4S/c1-18-2-8-23(9-3-18)29-35(33,34)24-12-10-22(11-13-24)28-25(31)19-14-16-30(17-15-19)26(32)20-4-6-21(27)7-5-20/h2-13,19,29H,14-17H2,1H3,(H,28,31). The fraction of sp³-hybridized carbons (Fsp3) is 0.231. The van der Waals surface area contributed by atoms with Crippen LogP contribution >= 0.6 is 0 Å². The molecule has 4 rings (SSSR count). The summed E-state index contributed by atoms with van der Waals surface area (Å²) in [5.41, 5.74) is 2.41. The predicted octanol–water partition coefficient (Wildman–Crippen LogP) is 4.43. The lowest BCUT2D eigenvalue weighted by Crippen LogP contribution is -2.41. The van der Waals surface area contributed by atoms with Gasteiger partial charge in [0.2, 0.25) is 5.91 Å². The first-order valence-corrected chi connectivity index (χ1v) is 12.7. The zero-order valence-electron chi connectivity index (χ0n) is 19.2. The Morgan fingerprint density at radius 1 is 0.857 bits per heavy atom. The maximum Gasteiger partial charge on any atom is 0.261 e. The minimum absolute atomic E-state index is 0.0867. The molecule has 2 amide bonds. The van der Waals surface area contributed by atoms with Gasteiger partial charge in [0.25, 0.3) is 15.9 Å². The fourth-order valence-electron chi connectivity index (χ4n) is 3.92. The summed E-state index contributed by atoms with van der Waals surface area (Å²) in [4.78, 5) is 27.0. The van der Waals surface area contributed by atoms with Gasteiger partial charge >= 0.3 is 0 Å². The number of nitrogens with zero attached hydrogens (tertiary/aromatic N) is 1. The van der Waals surface area contributed by atoms with Gasteiger partial charge < -0.3 is 10.2 Å². The molecule has 182 valence electrons. The molecule has 0 bridgehead atoms. The average molecular weight is 496 g/mol. The Hall–Kier alpha value is -3.72. The van der Waals surface area contributed by atoms with Gasteiger partial charge in [-0.05, 0) is 80.4 Å². The van der Waals surface area contributed by atoms with Crippen LogP contribution in [0.25, 0.3) is 0 Å². The van der Waals surface area contributed by atoms with Crippen molar-refractivity contribution in [3.05, 3.63) is 89.7 Å². The smallest absolute Gasteiger partial charge is 0.261 e. The van der Waals surface area contributed by atoms with Crippen LogP contribution in [0.2, 0.25) is 0 Å². The predicted molar refractivity (Wildman–Crippen MR) is 132 cm³/mol. The Labute approximate surface area is 204 Å². The summed E-state index contributed by atoms with van der Waals surface area (Å²) in [6.07, 6.45) is 1.01. The minimum atomic E-state index is -3.75. The summed E-state index contributed by atoms with van der Waals surface area (Å²) in [5, 5.41) is 2.83. The Balaban J connectivity index is 1.31. The maximum atomic E-state index is 13.1. The van der Waals surface area contributed by atoms with Crippen LogP contribution in [0.4, 0.5) is 15.8 Å². The number of hydrogen-bond donors (Lipinski definition) is 2. The van der Waals surface area contributed by atoms with E-state index in [-0.39, 0.29) is 22.6 Å². The number of carbonyl (C=O) groups excluding carboxylic acids is 2. The van der Waals surface area contributed by atoms with Crippen LogP contribution in [-0.4, -0.2) is 38.2 Å². The van der Waals surface area contributed by atoms with Crippen molar-refractivity contribution in [1.82, 2.24) is 4.90 Å². The van der Waals surface area contributed by atoms with Crippen molar-refractivity contribution in [3.8, 4) is 0 Å². The molecule has 1 fully saturated rings. The van der Waals surface area contributed by atoms with E-state index in [0.29, 0.717) is 42.9 Å². The molecule has 1 heterocycles. The van der Waals surface area contributed by atoms with Crippen LogP contribution < -0.4 is 10.0 Å². The monoisotopic (exact) mass is 495 g/mol. The molecule has 3 aromatic rings. The number of likely N-dealkylation sites (tertiary alicyclic amines) is 1. The second kappa shape index (κ2) is 10.3. The second-order valence-corrected chi connectivity index (χ2v) is 10.2. The molecule has 0 saturated carbocycles. The van der Waals surface area contributed by atoms with E-state index in [1.807, 2.05) is 19.1 Å². The Bertz CT molecular complexity index is 1300. The van der Waals surface area contributed by atoms with Crippen molar-refractivity contribution >= 4 is 33.2 Å². The van der Waals surface area contributed by atoms with Crippen LogP contribution in [-0.2, 0) is 14.8 Å². The number of halogens is 1. The molecule has 3 aromatic carbocycles. The third-order valence-corrected chi connectivity index (χ3v) is 7.38. The first-order chi connectivity index (χ1) is 16.7. The molecule has 7 nitrogen and oxygen atoms in total. The molecule has 0 spiro atoms. The molecule has 35 heavy (non-hydrogen) atoms. The largest absolute Gasteiger partial charge is 0.339 e. The van der Waals surface area contributed by atoms with Crippen molar-refractivity contribution in [2.45, 2.75) is 24.7 Å². The molecular formula is C26H26FN3O4S. The topological polar surface area (TPSA) is 95.6 Å². The molecule has 0 aliphatic carbocycles. The van der Waals surface area contributed by atoms with Crippen LogP contribution in [0.1, 0.15) is 28.8 Å². The highest BCUT2D eigenvalue weighted by Gasteiger charge is 2.28. The van der Waals surface area contributed by atoms with Gasteiger partial charge in [0.1, 0.15) is 5.82 Å². The average Bonchev–Trinajstić information content (AvgIpc) is 2.86. The van der Waals surface area contributed by atoms with Crippen LogP contribution in [0.5, 0.6) is 0 Å². The quantitative estimate of drug-likeness (QED) is 0.529. The third kappa shape index (κ3) is 6.05. The van der Waals surface area contributed by atoms with E-state index in [1.54, 1.807) is 29.2 Å². The molecule has 9 heteroatoms. The lowest BCUT2D eigenvalue weighted by molar-refractivity contribution is -0.121. The molecule has 0 aromatic heterocycles. The van der Waals surface area contributed by atoms with Gasteiger partial charge in [-0.2, -0.15) is 0 Å². The number of piperidine rings is 1. The first kappa shape index (κ1) is 24.4. The number of carbonyl (C=O) groups is 2. The van der Waals surface area contributed by atoms with Crippen molar-refractivity contribution in [2.24, 2.45) is 5.92 Å². The molecule has 1 saturated heterocycles.